The first kappa shape index (κ1) is 19.0. The van der Waals surface area contributed by atoms with Gasteiger partial charge >= 0.3 is 0 Å². The van der Waals surface area contributed by atoms with Gasteiger partial charge in [-0.25, -0.2) is 5.01 Å². The fourth-order valence-electron chi connectivity index (χ4n) is 3.18. The van der Waals surface area contributed by atoms with Crippen molar-refractivity contribution in [1.29, 1.82) is 0 Å². The molecule has 0 aliphatic carbocycles. The van der Waals surface area contributed by atoms with Crippen LogP contribution in [0.4, 0.5) is 5.69 Å². The lowest BCUT2D eigenvalue weighted by molar-refractivity contribution is -0.130. The van der Waals surface area contributed by atoms with Crippen LogP contribution in [-0.4, -0.2) is 66.6 Å². The van der Waals surface area contributed by atoms with E-state index < -0.39 is 0 Å². The Hall–Kier alpha value is -2.74. The summed E-state index contributed by atoms with van der Waals surface area (Å²) in [4.78, 5) is 38.2. The number of carbonyl (C=O) groups excluding carboxylic acids is 3. The molecule has 8 heteroatoms. The van der Waals surface area contributed by atoms with Crippen LogP contribution in [0, 0.1) is 0 Å². The highest BCUT2D eigenvalue weighted by molar-refractivity contribution is 6.43. The van der Waals surface area contributed by atoms with E-state index in [-0.39, 0.29) is 24.1 Å². The number of benzene rings is 1. The summed E-state index contributed by atoms with van der Waals surface area (Å²) in [6.45, 7) is 3.72. The summed E-state index contributed by atoms with van der Waals surface area (Å²) in [5.41, 5.74) is 1.45. The second-order valence-corrected chi connectivity index (χ2v) is 6.80. The van der Waals surface area contributed by atoms with Crippen molar-refractivity contribution in [3.05, 3.63) is 29.8 Å². The predicted octanol–water partition coefficient (Wildman–Crippen LogP) is 1.06. The maximum atomic E-state index is 12.2. The smallest absolute Gasteiger partial charge is 0.271 e. The molecule has 0 spiro atoms. The molecule has 2 heterocycles. The molecular weight excluding hydrogens is 346 g/mol. The molecule has 1 saturated heterocycles. The van der Waals surface area contributed by atoms with Gasteiger partial charge in [-0.1, -0.05) is 0 Å². The summed E-state index contributed by atoms with van der Waals surface area (Å²) in [5, 5.41) is 10.8. The third-order valence-electron chi connectivity index (χ3n) is 4.79. The number of anilines is 1. The third-order valence-corrected chi connectivity index (χ3v) is 4.79. The minimum Gasteiger partial charge on any atom is -0.351 e. The fraction of sp³-hybridized carbons (Fsp3) is 0.474. The van der Waals surface area contributed by atoms with E-state index in [2.05, 4.69) is 20.6 Å². The monoisotopic (exact) mass is 371 g/mol. The van der Waals surface area contributed by atoms with Crippen LogP contribution in [-0.2, 0) is 9.59 Å². The van der Waals surface area contributed by atoms with Gasteiger partial charge in [0.15, 0.2) is 0 Å². The van der Waals surface area contributed by atoms with Crippen LogP contribution >= 0.6 is 0 Å². The van der Waals surface area contributed by atoms with Crippen molar-refractivity contribution in [3.8, 4) is 0 Å². The maximum Gasteiger partial charge on any atom is 0.271 e. The molecule has 27 heavy (non-hydrogen) atoms. The molecule has 0 bridgehead atoms. The Bertz CT molecular complexity index is 738. The average molecular weight is 371 g/mol. The van der Waals surface area contributed by atoms with E-state index in [0.29, 0.717) is 29.9 Å². The molecule has 1 aromatic carbocycles. The van der Waals surface area contributed by atoms with Crippen molar-refractivity contribution in [1.82, 2.24) is 15.2 Å². The van der Waals surface area contributed by atoms with E-state index in [9.17, 15) is 14.4 Å². The standard InChI is InChI=1S/C19H25N5O3/c1-23-17(25)9-8-16(22-23)19(27)21-15-6-4-14(5-7-15)18(26)20-10-13-24-11-2-3-12-24/h4-7H,2-3,8-13H2,1H3,(H,20,26)(H,21,27). The third kappa shape index (κ3) is 5.13. The molecule has 0 unspecified atom stereocenters. The first-order chi connectivity index (χ1) is 13.0. The number of rotatable bonds is 6. The maximum absolute atomic E-state index is 12.2. The summed E-state index contributed by atoms with van der Waals surface area (Å²) >= 11 is 0. The molecule has 0 saturated carbocycles. The van der Waals surface area contributed by atoms with Gasteiger partial charge in [0.2, 0.25) is 5.91 Å². The number of hydrogen-bond donors (Lipinski definition) is 2. The van der Waals surface area contributed by atoms with Crippen molar-refractivity contribution in [2.24, 2.45) is 5.10 Å². The van der Waals surface area contributed by atoms with Gasteiger partial charge in [-0.2, -0.15) is 5.10 Å². The first-order valence-electron chi connectivity index (χ1n) is 9.29. The molecule has 0 aromatic heterocycles. The number of hydrogen-bond acceptors (Lipinski definition) is 5. The van der Waals surface area contributed by atoms with Gasteiger partial charge in [0, 0.05) is 44.2 Å². The Morgan fingerprint density at radius 1 is 1.07 bits per heavy atom. The Balaban J connectivity index is 1.49. The van der Waals surface area contributed by atoms with Crippen LogP contribution in [0.15, 0.2) is 29.4 Å². The predicted molar refractivity (Wildman–Crippen MR) is 103 cm³/mol. The SMILES string of the molecule is CN1N=C(C(=O)Nc2ccc(C(=O)NCCN3CCCC3)cc2)CCC1=O. The van der Waals surface area contributed by atoms with Crippen molar-refractivity contribution >= 4 is 29.1 Å². The van der Waals surface area contributed by atoms with E-state index in [1.54, 1.807) is 24.3 Å². The van der Waals surface area contributed by atoms with Crippen LogP contribution in [0.2, 0.25) is 0 Å². The van der Waals surface area contributed by atoms with Crippen LogP contribution in [0.3, 0.4) is 0 Å². The molecule has 0 atom stereocenters. The Morgan fingerprint density at radius 2 is 1.78 bits per heavy atom. The largest absolute Gasteiger partial charge is 0.351 e. The Labute approximate surface area is 158 Å². The highest BCUT2D eigenvalue weighted by atomic mass is 16.2. The Kier molecular flexibility index (Phi) is 6.18. The highest BCUT2D eigenvalue weighted by Gasteiger charge is 2.22. The molecule has 8 nitrogen and oxygen atoms in total. The van der Waals surface area contributed by atoms with Gasteiger partial charge in [0.25, 0.3) is 11.8 Å². The van der Waals surface area contributed by atoms with E-state index in [0.717, 1.165) is 19.6 Å². The lowest BCUT2D eigenvalue weighted by atomic mass is 10.1. The van der Waals surface area contributed by atoms with Gasteiger partial charge in [-0.05, 0) is 50.2 Å². The summed E-state index contributed by atoms with van der Waals surface area (Å²) in [6, 6.07) is 6.73. The van der Waals surface area contributed by atoms with E-state index in [1.165, 1.54) is 24.9 Å². The molecule has 144 valence electrons. The number of nitrogens with zero attached hydrogens (tertiary/aromatic N) is 3. The van der Waals surface area contributed by atoms with Gasteiger partial charge < -0.3 is 15.5 Å². The van der Waals surface area contributed by atoms with Crippen molar-refractivity contribution in [2.75, 3.05) is 38.5 Å². The lowest BCUT2D eigenvalue weighted by Crippen LogP contribution is -2.34. The zero-order valence-corrected chi connectivity index (χ0v) is 15.5. The van der Waals surface area contributed by atoms with Crippen LogP contribution in [0.1, 0.15) is 36.0 Å². The minimum absolute atomic E-state index is 0.105. The molecular formula is C19H25N5O3. The minimum atomic E-state index is -0.336. The molecule has 1 aromatic rings. The van der Waals surface area contributed by atoms with E-state index in [1.807, 2.05) is 0 Å². The van der Waals surface area contributed by atoms with E-state index in [4.69, 9.17) is 0 Å². The summed E-state index contributed by atoms with van der Waals surface area (Å²) < 4.78 is 0. The molecule has 1 fully saturated rings. The normalized spacial score (nSPS) is 17.6. The van der Waals surface area contributed by atoms with Gasteiger partial charge in [0.1, 0.15) is 5.71 Å². The molecule has 3 rings (SSSR count). The number of nitrogens with one attached hydrogen (secondary N) is 2. The molecule has 3 amide bonds. The topological polar surface area (TPSA) is 94.1 Å². The lowest BCUT2D eigenvalue weighted by Gasteiger charge is -2.19. The van der Waals surface area contributed by atoms with Gasteiger partial charge in [0.05, 0.1) is 0 Å². The van der Waals surface area contributed by atoms with Crippen molar-refractivity contribution < 1.29 is 14.4 Å². The average Bonchev–Trinajstić information content (AvgIpc) is 3.18. The molecule has 2 N–H and O–H groups in total. The number of carbonyl (C=O) groups is 3. The fourth-order valence-corrected chi connectivity index (χ4v) is 3.18. The Morgan fingerprint density at radius 3 is 2.44 bits per heavy atom. The summed E-state index contributed by atoms with van der Waals surface area (Å²) in [7, 11) is 1.53. The quantitative estimate of drug-likeness (QED) is 0.782. The highest BCUT2D eigenvalue weighted by Crippen LogP contribution is 2.13. The second kappa shape index (κ2) is 8.77. The number of amides is 3. The van der Waals surface area contributed by atoms with Crippen LogP contribution in [0.25, 0.3) is 0 Å². The zero-order chi connectivity index (χ0) is 19.2. The van der Waals surface area contributed by atoms with Crippen LogP contribution < -0.4 is 10.6 Å². The summed E-state index contributed by atoms with van der Waals surface area (Å²) in [5.74, 6) is -0.562. The van der Waals surface area contributed by atoms with Gasteiger partial charge in [-0.15, -0.1) is 0 Å². The number of likely N-dealkylation sites (tertiary alicyclic amines) is 1. The number of hydrazone groups is 1. The molecule has 2 aliphatic rings. The van der Waals surface area contributed by atoms with E-state index >= 15 is 0 Å². The van der Waals surface area contributed by atoms with Crippen molar-refractivity contribution in [2.45, 2.75) is 25.7 Å². The van der Waals surface area contributed by atoms with Crippen molar-refractivity contribution in [3.63, 3.8) is 0 Å². The van der Waals surface area contributed by atoms with Gasteiger partial charge in [-0.3, -0.25) is 14.4 Å². The zero-order valence-electron chi connectivity index (χ0n) is 15.5. The first-order valence-corrected chi connectivity index (χ1v) is 9.29. The van der Waals surface area contributed by atoms with Crippen LogP contribution in [0.5, 0.6) is 0 Å². The second-order valence-electron chi connectivity index (χ2n) is 6.80. The molecule has 0 radical (unpaired) electrons. The molecule has 2 aliphatic heterocycles. The summed E-state index contributed by atoms with van der Waals surface area (Å²) in [6.07, 6.45) is 3.08.